The van der Waals surface area contributed by atoms with Crippen molar-refractivity contribution in [3.8, 4) is 0 Å². The first-order valence-electron chi connectivity index (χ1n) is 7.52. The Hall–Kier alpha value is -1.40. The van der Waals surface area contributed by atoms with Gasteiger partial charge >= 0.3 is 5.97 Å². The second-order valence-corrected chi connectivity index (χ2v) is 6.90. The number of hydrogen-bond acceptors (Lipinski definition) is 5. The van der Waals surface area contributed by atoms with Crippen molar-refractivity contribution in [1.29, 1.82) is 0 Å². The minimum absolute atomic E-state index is 0.129. The molecule has 116 valence electrons. The van der Waals surface area contributed by atoms with Gasteiger partial charge in [-0.3, -0.25) is 4.68 Å². The van der Waals surface area contributed by atoms with Crippen molar-refractivity contribution in [1.82, 2.24) is 15.1 Å². The molecular formula is C15H23N3O3. The third-order valence-electron chi connectivity index (χ3n) is 3.95. The Labute approximate surface area is 124 Å². The van der Waals surface area contributed by atoms with E-state index in [-0.39, 0.29) is 11.6 Å². The first kappa shape index (κ1) is 14.5. The quantitative estimate of drug-likeness (QED) is 0.795. The Bertz CT molecular complexity index is 539. The Balaban J connectivity index is 1.76. The van der Waals surface area contributed by atoms with Gasteiger partial charge in [0, 0.05) is 0 Å². The molecule has 0 atom stereocenters. The second-order valence-electron chi connectivity index (χ2n) is 6.90. The minimum Gasteiger partial charge on any atom is -0.455 e. The van der Waals surface area contributed by atoms with Crippen molar-refractivity contribution in [2.45, 2.75) is 58.0 Å². The molecule has 3 rings (SSSR count). The maximum absolute atomic E-state index is 12.1. The summed E-state index contributed by atoms with van der Waals surface area (Å²) in [4.78, 5) is 12.1. The molecule has 0 aromatic carbocycles. The van der Waals surface area contributed by atoms with Crippen LogP contribution in [0.15, 0.2) is 6.07 Å². The van der Waals surface area contributed by atoms with Crippen LogP contribution in [0, 0.1) is 0 Å². The van der Waals surface area contributed by atoms with E-state index >= 15 is 0 Å². The highest BCUT2D eigenvalue weighted by atomic mass is 16.6. The van der Waals surface area contributed by atoms with Crippen LogP contribution in [0.2, 0.25) is 0 Å². The molecule has 6 nitrogen and oxygen atoms in total. The van der Waals surface area contributed by atoms with E-state index in [1.165, 1.54) is 0 Å². The summed E-state index contributed by atoms with van der Waals surface area (Å²) in [5.41, 5.74) is 0.679. The molecule has 6 heteroatoms. The molecule has 1 fully saturated rings. The lowest BCUT2D eigenvalue weighted by molar-refractivity contribution is -0.109. The molecule has 0 radical (unpaired) electrons. The fourth-order valence-electron chi connectivity index (χ4n) is 2.87. The summed E-state index contributed by atoms with van der Waals surface area (Å²) in [6.07, 6.45) is 1.96. The molecule has 1 aromatic rings. The van der Waals surface area contributed by atoms with Crippen molar-refractivity contribution in [3.63, 3.8) is 0 Å². The van der Waals surface area contributed by atoms with Gasteiger partial charge in [-0.2, -0.15) is 5.10 Å². The molecule has 1 saturated heterocycles. The third-order valence-corrected chi connectivity index (χ3v) is 3.95. The molecule has 2 aliphatic heterocycles. The van der Waals surface area contributed by atoms with Crippen molar-refractivity contribution in [2.75, 3.05) is 13.1 Å². The number of rotatable bonds is 1. The summed E-state index contributed by atoms with van der Waals surface area (Å²) in [6, 6.07) is 1.78. The fraction of sp³-hybridized carbons (Fsp3) is 0.733. The lowest BCUT2D eigenvalue weighted by Crippen LogP contribution is -2.49. The van der Waals surface area contributed by atoms with E-state index < -0.39 is 5.60 Å². The van der Waals surface area contributed by atoms with E-state index in [0.29, 0.717) is 18.8 Å². The number of carbonyl (C=O) groups excluding carboxylic acids is 1. The van der Waals surface area contributed by atoms with E-state index in [1.54, 1.807) is 6.07 Å². The lowest BCUT2D eigenvalue weighted by Gasteiger charge is -2.40. The highest BCUT2D eigenvalue weighted by molar-refractivity contribution is 5.87. The molecule has 0 unspecified atom stereocenters. The van der Waals surface area contributed by atoms with Crippen LogP contribution in [-0.2, 0) is 22.6 Å². The number of aromatic nitrogens is 2. The fourth-order valence-corrected chi connectivity index (χ4v) is 2.87. The van der Waals surface area contributed by atoms with Gasteiger partial charge < -0.3 is 14.8 Å². The Morgan fingerprint density at radius 1 is 1.43 bits per heavy atom. The van der Waals surface area contributed by atoms with Crippen LogP contribution in [0.5, 0.6) is 0 Å². The zero-order chi connectivity index (χ0) is 15.1. The van der Waals surface area contributed by atoms with E-state index in [1.807, 2.05) is 25.5 Å². The highest BCUT2D eigenvalue weighted by Crippen LogP contribution is 2.31. The molecule has 0 saturated carbocycles. The van der Waals surface area contributed by atoms with Crippen LogP contribution in [0.4, 0.5) is 0 Å². The molecule has 1 spiro atoms. The van der Waals surface area contributed by atoms with Gasteiger partial charge in [0.05, 0.1) is 24.4 Å². The number of hydrogen-bond donors (Lipinski definition) is 1. The van der Waals surface area contributed by atoms with Gasteiger partial charge in [-0.05, 0) is 52.8 Å². The number of piperidine rings is 1. The predicted octanol–water partition coefficient (Wildman–Crippen LogP) is 1.49. The third kappa shape index (κ3) is 3.11. The van der Waals surface area contributed by atoms with Gasteiger partial charge in [0.2, 0.25) is 0 Å². The monoisotopic (exact) mass is 293 g/mol. The number of carbonyl (C=O) groups is 1. The topological polar surface area (TPSA) is 65.4 Å². The number of nitrogens with zero attached hydrogens (tertiary/aromatic N) is 2. The standard InChI is InChI=1S/C15H23N3O3/c1-14(2,3)21-13(19)12-8-11-9-20-15(10-18(11)17-12)4-6-16-7-5-15/h8,16H,4-7,9-10H2,1-3H3. The van der Waals surface area contributed by atoms with Crippen LogP contribution < -0.4 is 5.32 Å². The maximum Gasteiger partial charge on any atom is 0.359 e. The molecule has 2 aliphatic rings. The maximum atomic E-state index is 12.1. The Morgan fingerprint density at radius 2 is 2.14 bits per heavy atom. The van der Waals surface area contributed by atoms with Crippen LogP contribution in [-0.4, -0.2) is 40.0 Å². The summed E-state index contributed by atoms with van der Waals surface area (Å²) in [5.74, 6) is -0.372. The van der Waals surface area contributed by atoms with Crippen LogP contribution in [0.3, 0.4) is 0 Å². The smallest absolute Gasteiger partial charge is 0.359 e. The van der Waals surface area contributed by atoms with Crippen LogP contribution in [0.1, 0.15) is 49.8 Å². The minimum atomic E-state index is -0.506. The van der Waals surface area contributed by atoms with E-state index in [0.717, 1.165) is 31.6 Å². The van der Waals surface area contributed by atoms with Gasteiger partial charge in [-0.25, -0.2) is 4.79 Å². The van der Waals surface area contributed by atoms with Crippen molar-refractivity contribution >= 4 is 5.97 Å². The Morgan fingerprint density at radius 3 is 2.81 bits per heavy atom. The average Bonchev–Trinajstić information content (AvgIpc) is 2.80. The van der Waals surface area contributed by atoms with E-state index in [2.05, 4.69) is 10.4 Å². The number of ether oxygens (including phenoxy) is 2. The summed E-state index contributed by atoms with van der Waals surface area (Å²) >= 11 is 0. The molecule has 1 N–H and O–H groups in total. The van der Waals surface area contributed by atoms with Crippen LogP contribution in [0.25, 0.3) is 0 Å². The lowest BCUT2D eigenvalue weighted by atomic mass is 9.91. The highest BCUT2D eigenvalue weighted by Gasteiger charge is 2.38. The van der Waals surface area contributed by atoms with Crippen molar-refractivity contribution < 1.29 is 14.3 Å². The van der Waals surface area contributed by atoms with Crippen LogP contribution >= 0.6 is 0 Å². The van der Waals surface area contributed by atoms with Gasteiger partial charge in [0.1, 0.15) is 5.60 Å². The molecule has 21 heavy (non-hydrogen) atoms. The molecule has 0 bridgehead atoms. The second kappa shape index (κ2) is 5.10. The molecule has 1 aromatic heterocycles. The first-order chi connectivity index (χ1) is 9.87. The molecule has 0 aliphatic carbocycles. The average molecular weight is 293 g/mol. The number of fused-ring (bicyclic) bond motifs is 1. The summed E-state index contributed by atoms with van der Waals surface area (Å²) in [6.45, 7) is 8.73. The predicted molar refractivity (Wildman–Crippen MR) is 77.0 cm³/mol. The van der Waals surface area contributed by atoms with Gasteiger partial charge in [-0.1, -0.05) is 0 Å². The number of esters is 1. The largest absolute Gasteiger partial charge is 0.455 e. The SMILES string of the molecule is CC(C)(C)OC(=O)c1cc2n(n1)CC1(CCNCC1)OC2. The summed E-state index contributed by atoms with van der Waals surface area (Å²) in [7, 11) is 0. The first-order valence-corrected chi connectivity index (χ1v) is 7.52. The molecular weight excluding hydrogens is 270 g/mol. The Kier molecular flexibility index (Phi) is 3.53. The van der Waals surface area contributed by atoms with Crippen molar-refractivity contribution in [3.05, 3.63) is 17.5 Å². The molecule has 0 amide bonds. The zero-order valence-corrected chi connectivity index (χ0v) is 12.9. The van der Waals surface area contributed by atoms with E-state index in [9.17, 15) is 4.79 Å². The van der Waals surface area contributed by atoms with Crippen molar-refractivity contribution in [2.24, 2.45) is 0 Å². The zero-order valence-electron chi connectivity index (χ0n) is 12.9. The summed E-state index contributed by atoms with van der Waals surface area (Å²) < 4.78 is 13.4. The van der Waals surface area contributed by atoms with E-state index in [4.69, 9.17) is 9.47 Å². The van der Waals surface area contributed by atoms with Gasteiger partial charge in [0.25, 0.3) is 0 Å². The number of nitrogens with one attached hydrogen (secondary N) is 1. The van der Waals surface area contributed by atoms with Gasteiger partial charge in [0.15, 0.2) is 5.69 Å². The normalized spacial score (nSPS) is 21.1. The summed E-state index contributed by atoms with van der Waals surface area (Å²) in [5, 5.41) is 7.77. The van der Waals surface area contributed by atoms with Gasteiger partial charge in [-0.15, -0.1) is 0 Å². The molecule has 3 heterocycles.